The van der Waals surface area contributed by atoms with E-state index in [-0.39, 0.29) is 5.91 Å². The van der Waals surface area contributed by atoms with Crippen molar-refractivity contribution in [3.8, 4) is 11.1 Å². The number of rotatable bonds is 1. The lowest BCUT2D eigenvalue weighted by Crippen LogP contribution is -2.40. The Balaban J connectivity index is 1.67. The topological polar surface area (TPSA) is 71.5 Å². The highest BCUT2D eigenvalue weighted by molar-refractivity contribution is 7.86. The fourth-order valence-corrected chi connectivity index (χ4v) is 4.97. The summed E-state index contributed by atoms with van der Waals surface area (Å²) < 4.78 is 21.2. The van der Waals surface area contributed by atoms with Crippen molar-refractivity contribution in [1.82, 2.24) is 9.88 Å². The zero-order valence-electron chi connectivity index (χ0n) is 14.8. The number of anilines is 1. The van der Waals surface area contributed by atoms with E-state index in [1.54, 1.807) is 29.3 Å². The van der Waals surface area contributed by atoms with Crippen LogP contribution in [0.15, 0.2) is 47.5 Å². The number of fused-ring (bicyclic) bond motifs is 5. The van der Waals surface area contributed by atoms with Crippen LogP contribution in [0.5, 0.6) is 0 Å². The first-order valence-electron chi connectivity index (χ1n) is 8.90. The number of nitrogens with one attached hydrogen (secondary N) is 1. The van der Waals surface area contributed by atoms with Crippen LogP contribution in [0.4, 0.5) is 5.69 Å². The highest BCUT2D eigenvalue weighted by atomic mass is 35.5. The van der Waals surface area contributed by atoms with Crippen molar-refractivity contribution in [3.63, 3.8) is 0 Å². The molecule has 2 aliphatic heterocycles. The smallest absolute Gasteiger partial charge is 0.254 e. The molecule has 1 unspecified atom stereocenters. The predicted molar refractivity (Wildman–Crippen MR) is 109 cm³/mol. The molecule has 1 aromatic heterocycles. The van der Waals surface area contributed by atoms with Gasteiger partial charge >= 0.3 is 0 Å². The minimum atomic E-state index is -1.44. The SMILES string of the molecule is O=C(c1ccc2c(c1)-c1cc(Cl)c3cccnc3c1NS2=O)N1CCOCC1. The van der Waals surface area contributed by atoms with Crippen LogP contribution >= 0.6 is 11.6 Å². The highest BCUT2D eigenvalue weighted by Crippen LogP contribution is 2.44. The van der Waals surface area contributed by atoms with Crippen molar-refractivity contribution >= 4 is 45.1 Å². The number of halogens is 1. The molecule has 0 aliphatic carbocycles. The van der Waals surface area contributed by atoms with Gasteiger partial charge in [0.1, 0.15) is 0 Å². The summed E-state index contributed by atoms with van der Waals surface area (Å²) in [6.45, 7) is 2.22. The summed E-state index contributed by atoms with van der Waals surface area (Å²) in [7, 11) is -1.44. The van der Waals surface area contributed by atoms with E-state index in [1.807, 2.05) is 18.2 Å². The fraction of sp³-hybridized carbons (Fsp3) is 0.200. The van der Waals surface area contributed by atoms with Gasteiger partial charge in [0.15, 0.2) is 11.0 Å². The summed E-state index contributed by atoms with van der Waals surface area (Å²) in [5.41, 5.74) is 3.42. The molecular formula is C20H16ClN3O3S. The van der Waals surface area contributed by atoms with Crippen molar-refractivity contribution in [3.05, 3.63) is 53.2 Å². The van der Waals surface area contributed by atoms with Crippen molar-refractivity contribution in [2.75, 3.05) is 31.0 Å². The molecule has 0 bridgehead atoms. The number of aromatic nitrogens is 1. The molecule has 0 radical (unpaired) electrons. The van der Waals surface area contributed by atoms with Gasteiger partial charge < -0.3 is 9.64 Å². The Hall–Kier alpha value is -2.48. The van der Waals surface area contributed by atoms with Gasteiger partial charge in [-0.3, -0.25) is 14.5 Å². The van der Waals surface area contributed by atoms with Gasteiger partial charge in [0.25, 0.3) is 5.91 Å². The summed E-state index contributed by atoms with van der Waals surface area (Å²) in [5.74, 6) is -0.0537. The van der Waals surface area contributed by atoms with Crippen LogP contribution in [0.1, 0.15) is 10.4 Å². The van der Waals surface area contributed by atoms with Crippen LogP contribution in [0.2, 0.25) is 5.02 Å². The minimum absolute atomic E-state index is 0.0537. The molecule has 8 heteroatoms. The van der Waals surface area contributed by atoms with Crippen molar-refractivity contribution in [2.45, 2.75) is 4.90 Å². The molecule has 1 atom stereocenters. The maximum atomic E-state index is 12.9. The molecule has 2 aliphatic rings. The average Bonchev–Trinajstić information content (AvgIpc) is 2.75. The number of benzene rings is 2. The first-order valence-corrected chi connectivity index (χ1v) is 10.4. The molecule has 3 heterocycles. The number of carbonyl (C=O) groups is 1. The Morgan fingerprint density at radius 1 is 1.18 bits per heavy atom. The molecule has 1 amide bonds. The van der Waals surface area contributed by atoms with E-state index >= 15 is 0 Å². The van der Waals surface area contributed by atoms with Gasteiger partial charge in [-0.05, 0) is 36.4 Å². The monoisotopic (exact) mass is 413 g/mol. The Kier molecular flexibility index (Phi) is 4.30. The van der Waals surface area contributed by atoms with E-state index in [0.717, 1.165) is 16.5 Å². The maximum Gasteiger partial charge on any atom is 0.254 e. The summed E-state index contributed by atoms with van der Waals surface area (Å²) >= 11 is 6.49. The second kappa shape index (κ2) is 6.84. The first kappa shape index (κ1) is 17.6. The predicted octanol–water partition coefficient (Wildman–Crippen LogP) is 3.48. The highest BCUT2D eigenvalue weighted by Gasteiger charge is 2.27. The molecule has 0 saturated carbocycles. The summed E-state index contributed by atoms with van der Waals surface area (Å²) in [6.07, 6.45) is 1.68. The van der Waals surface area contributed by atoms with Crippen molar-refractivity contribution in [1.29, 1.82) is 0 Å². The van der Waals surface area contributed by atoms with Gasteiger partial charge in [-0.2, -0.15) is 0 Å². The summed E-state index contributed by atoms with van der Waals surface area (Å²) in [5, 5.41) is 1.35. The van der Waals surface area contributed by atoms with Crippen LogP contribution in [0, 0.1) is 0 Å². The Bertz CT molecular complexity index is 1140. The number of pyridine rings is 1. The van der Waals surface area contributed by atoms with Crippen LogP contribution in [0.3, 0.4) is 0 Å². The summed E-state index contributed by atoms with van der Waals surface area (Å²) in [4.78, 5) is 19.7. The summed E-state index contributed by atoms with van der Waals surface area (Å²) in [6, 6.07) is 10.8. The number of ether oxygens (including phenoxy) is 1. The van der Waals surface area contributed by atoms with E-state index in [0.29, 0.717) is 53.0 Å². The third-order valence-electron chi connectivity index (χ3n) is 5.05. The van der Waals surface area contributed by atoms with Crippen LogP contribution in [0.25, 0.3) is 22.0 Å². The van der Waals surface area contributed by atoms with Crippen LogP contribution < -0.4 is 4.72 Å². The molecule has 1 N–H and O–H groups in total. The Labute approximate surface area is 169 Å². The number of hydrogen-bond acceptors (Lipinski definition) is 4. The largest absolute Gasteiger partial charge is 0.378 e. The zero-order valence-corrected chi connectivity index (χ0v) is 16.3. The van der Waals surface area contributed by atoms with E-state index < -0.39 is 11.0 Å². The standard InChI is InChI=1S/C20H16ClN3O3S/c21-16-11-15-14-10-12(20(25)24-6-8-27-9-7-24)3-4-17(14)28(26)23-19(15)18-13(16)2-1-5-22-18/h1-5,10-11,23H,6-9H2. The lowest BCUT2D eigenvalue weighted by molar-refractivity contribution is 0.0303. The minimum Gasteiger partial charge on any atom is -0.378 e. The van der Waals surface area contributed by atoms with E-state index in [4.69, 9.17) is 16.3 Å². The zero-order chi connectivity index (χ0) is 19.3. The Morgan fingerprint density at radius 3 is 2.82 bits per heavy atom. The van der Waals surface area contributed by atoms with E-state index in [1.165, 1.54) is 0 Å². The third kappa shape index (κ3) is 2.78. The number of nitrogens with zero attached hydrogens (tertiary/aromatic N) is 2. The lowest BCUT2D eigenvalue weighted by atomic mass is 9.98. The average molecular weight is 414 g/mol. The van der Waals surface area contributed by atoms with Crippen LogP contribution in [-0.2, 0) is 15.7 Å². The molecule has 1 saturated heterocycles. The Morgan fingerprint density at radius 2 is 2.00 bits per heavy atom. The molecule has 142 valence electrons. The van der Waals surface area contributed by atoms with Crippen LogP contribution in [-0.4, -0.2) is 46.3 Å². The number of carbonyl (C=O) groups excluding carboxylic acids is 1. The quantitative estimate of drug-likeness (QED) is 0.663. The van der Waals surface area contributed by atoms with E-state index in [9.17, 15) is 9.00 Å². The normalized spacial score (nSPS) is 18.3. The molecule has 0 spiro atoms. The van der Waals surface area contributed by atoms with Crippen molar-refractivity contribution < 1.29 is 13.7 Å². The molecular weight excluding hydrogens is 398 g/mol. The molecule has 28 heavy (non-hydrogen) atoms. The third-order valence-corrected chi connectivity index (χ3v) is 6.51. The molecule has 5 rings (SSSR count). The van der Waals surface area contributed by atoms with Gasteiger partial charge in [0.2, 0.25) is 0 Å². The van der Waals surface area contributed by atoms with Gasteiger partial charge in [-0.1, -0.05) is 11.6 Å². The van der Waals surface area contributed by atoms with E-state index in [2.05, 4.69) is 9.71 Å². The molecule has 1 fully saturated rings. The molecule has 3 aromatic rings. The second-order valence-electron chi connectivity index (χ2n) is 6.67. The van der Waals surface area contributed by atoms with Gasteiger partial charge in [-0.15, -0.1) is 0 Å². The number of morpholine rings is 1. The second-order valence-corrected chi connectivity index (χ2v) is 8.26. The van der Waals surface area contributed by atoms with Gasteiger partial charge in [-0.25, -0.2) is 4.21 Å². The van der Waals surface area contributed by atoms with Gasteiger partial charge in [0, 0.05) is 41.4 Å². The van der Waals surface area contributed by atoms with Crippen molar-refractivity contribution in [2.24, 2.45) is 0 Å². The lowest BCUT2D eigenvalue weighted by Gasteiger charge is -2.28. The molecule has 6 nitrogen and oxygen atoms in total. The number of amides is 1. The van der Waals surface area contributed by atoms with Gasteiger partial charge in [0.05, 0.1) is 34.3 Å². The molecule has 2 aromatic carbocycles. The fourth-order valence-electron chi connectivity index (χ4n) is 3.65. The number of hydrogen-bond donors (Lipinski definition) is 1. The first-order chi connectivity index (χ1) is 13.6. The maximum absolute atomic E-state index is 12.9.